The topological polar surface area (TPSA) is 15.3 Å². The van der Waals surface area contributed by atoms with Gasteiger partial charge in [0, 0.05) is 30.9 Å². The highest BCUT2D eigenvalue weighted by atomic mass is 19.1. The number of hydrogen-bond donors (Lipinski definition) is 1. The first-order valence-corrected chi connectivity index (χ1v) is 5.50. The summed E-state index contributed by atoms with van der Waals surface area (Å²) in [6.07, 6.45) is 1.12. The standard InChI is InChI=1S/C12H17FN2/c1-10-11(13)4-2-5-12(10)15-8-3-6-14-7-9-15/h2,4-5,14H,3,6-9H2,1H3. The third-order valence-corrected chi connectivity index (χ3v) is 2.92. The van der Waals surface area contributed by atoms with Crippen molar-refractivity contribution in [2.24, 2.45) is 0 Å². The third-order valence-electron chi connectivity index (χ3n) is 2.92. The molecule has 0 amide bonds. The Morgan fingerprint density at radius 1 is 1.27 bits per heavy atom. The molecule has 82 valence electrons. The van der Waals surface area contributed by atoms with Crippen molar-refractivity contribution >= 4 is 5.69 Å². The van der Waals surface area contributed by atoms with Crippen LogP contribution in [0.25, 0.3) is 0 Å². The van der Waals surface area contributed by atoms with Crippen LogP contribution in [-0.4, -0.2) is 26.2 Å². The first-order chi connectivity index (χ1) is 7.29. The Bertz CT molecular complexity index is 330. The maximum atomic E-state index is 13.4. The maximum absolute atomic E-state index is 13.4. The van der Waals surface area contributed by atoms with Crippen molar-refractivity contribution < 1.29 is 4.39 Å². The molecule has 0 aromatic heterocycles. The molecule has 0 atom stereocenters. The van der Waals surface area contributed by atoms with Crippen molar-refractivity contribution in [3.05, 3.63) is 29.6 Å². The molecule has 1 aliphatic rings. The molecule has 15 heavy (non-hydrogen) atoms. The lowest BCUT2D eigenvalue weighted by atomic mass is 10.1. The van der Waals surface area contributed by atoms with E-state index in [1.54, 1.807) is 6.07 Å². The van der Waals surface area contributed by atoms with Crippen LogP contribution in [0, 0.1) is 12.7 Å². The van der Waals surface area contributed by atoms with Crippen LogP contribution in [0.3, 0.4) is 0 Å². The molecule has 1 heterocycles. The van der Waals surface area contributed by atoms with Crippen LogP contribution in [0.4, 0.5) is 10.1 Å². The number of rotatable bonds is 1. The summed E-state index contributed by atoms with van der Waals surface area (Å²) in [5.74, 6) is -0.107. The Labute approximate surface area is 90.1 Å². The molecule has 2 nitrogen and oxygen atoms in total. The highest BCUT2D eigenvalue weighted by Gasteiger charge is 2.12. The molecule has 1 aliphatic heterocycles. The van der Waals surface area contributed by atoms with Crippen LogP contribution in [0.2, 0.25) is 0 Å². The van der Waals surface area contributed by atoms with Gasteiger partial charge in [-0.25, -0.2) is 4.39 Å². The summed E-state index contributed by atoms with van der Waals surface area (Å²) < 4.78 is 13.4. The van der Waals surface area contributed by atoms with Crippen molar-refractivity contribution in [1.82, 2.24) is 5.32 Å². The Balaban J connectivity index is 2.23. The van der Waals surface area contributed by atoms with E-state index in [9.17, 15) is 4.39 Å². The smallest absolute Gasteiger partial charge is 0.128 e. The molecule has 0 aliphatic carbocycles. The molecular weight excluding hydrogens is 191 g/mol. The van der Waals surface area contributed by atoms with E-state index in [0.29, 0.717) is 0 Å². The van der Waals surface area contributed by atoms with Gasteiger partial charge >= 0.3 is 0 Å². The monoisotopic (exact) mass is 208 g/mol. The van der Waals surface area contributed by atoms with Gasteiger partial charge in [-0.15, -0.1) is 0 Å². The normalized spacial score (nSPS) is 17.6. The van der Waals surface area contributed by atoms with E-state index < -0.39 is 0 Å². The molecule has 0 spiro atoms. The van der Waals surface area contributed by atoms with Gasteiger partial charge in [-0.2, -0.15) is 0 Å². The zero-order valence-electron chi connectivity index (χ0n) is 9.09. The third kappa shape index (κ3) is 2.29. The van der Waals surface area contributed by atoms with Crippen molar-refractivity contribution in [1.29, 1.82) is 0 Å². The number of halogens is 1. The van der Waals surface area contributed by atoms with E-state index in [1.807, 2.05) is 13.0 Å². The Kier molecular flexibility index (Phi) is 3.21. The first kappa shape index (κ1) is 10.4. The van der Waals surface area contributed by atoms with E-state index >= 15 is 0 Å². The summed E-state index contributed by atoms with van der Waals surface area (Å²) in [4.78, 5) is 2.26. The van der Waals surface area contributed by atoms with E-state index in [2.05, 4.69) is 10.2 Å². The largest absolute Gasteiger partial charge is 0.370 e. The Morgan fingerprint density at radius 3 is 3.00 bits per heavy atom. The van der Waals surface area contributed by atoms with Gasteiger partial charge in [0.1, 0.15) is 5.82 Å². The van der Waals surface area contributed by atoms with Gasteiger partial charge < -0.3 is 10.2 Å². The van der Waals surface area contributed by atoms with E-state index in [4.69, 9.17) is 0 Å². The average Bonchev–Trinajstić information content (AvgIpc) is 2.50. The van der Waals surface area contributed by atoms with Gasteiger partial charge in [-0.05, 0) is 32.0 Å². The molecule has 1 aromatic carbocycles. The van der Waals surface area contributed by atoms with Crippen LogP contribution in [0.5, 0.6) is 0 Å². The molecule has 0 bridgehead atoms. The minimum atomic E-state index is -0.107. The predicted octanol–water partition coefficient (Wildman–Crippen LogP) is 1.93. The van der Waals surface area contributed by atoms with Gasteiger partial charge in [0.05, 0.1) is 0 Å². The lowest BCUT2D eigenvalue weighted by Gasteiger charge is -2.24. The summed E-state index contributed by atoms with van der Waals surface area (Å²) in [5, 5.41) is 3.35. The van der Waals surface area contributed by atoms with E-state index in [1.165, 1.54) is 6.07 Å². The molecule has 0 saturated carbocycles. The first-order valence-electron chi connectivity index (χ1n) is 5.50. The van der Waals surface area contributed by atoms with Crippen LogP contribution < -0.4 is 10.2 Å². The number of benzene rings is 1. The molecule has 3 heteroatoms. The van der Waals surface area contributed by atoms with Gasteiger partial charge in [0.2, 0.25) is 0 Å². The van der Waals surface area contributed by atoms with Crippen molar-refractivity contribution in [2.75, 3.05) is 31.1 Å². The number of anilines is 1. The van der Waals surface area contributed by atoms with Crippen molar-refractivity contribution in [3.63, 3.8) is 0 Å². The second kappa shape index (κ2) is 4.62. The fourth-order valence-electron chi connectivity index (χ4n) is 2.03. The second-order valence-electron chi connectivity index (χ2n) is 3.97. The summed E-state index contributed by atoms with van der Waals surface area (Å²) >= 11 is 0. The average molecular weight is 208 g/mol. The van der Waals surface area contributed by atoms with Crippen LogP contribution in [0.15, 0.2) is 18.2 Å². The van der Waals surface area contributed by atoms with Gasteiger partial charge in [-0.1, -0.05) is 6.07 Å². The van der Waals surface area contributed by atoms with E-state index in [0.717, 1.165) is 43.9 Å². The highest BCUT2D eigenvalue weighted by Crippen LogP contribution is 2.22. The number of nitrogens with one attached hydrogen (secondary N) is 1. The van der Waals surface area contributed by atoms with Gasteiger partial charge in [0.15, 0.2) is 0 Å². The van der Waals surface area contributed by atoms with Crippen molar-refractivity contribution in [2.45, 2.75) is 13.3 Å². The zero-order valence-corrected chi connectivity index (χ0v) is 9.09. The molecular formula is C12H17FN2. The summed E-state index contributed by atoms with van der Waals surface area (Å²) in [5.41, 5.74) is 1.80. The number of hydrogen-bond acceptors (Lipinski definition) is 2. The highest BCUT2D eigenvalue weighted by molar-refractivity contribution is 5.53. The second-order valence-corrected chi connectivity index (χ2v) is 3.97. The lowest BCUT2D eigenvalue weighted by molar-refractivity contribution is 0.617. The zero-order chi connectivity index (χ0) is 10.7. The summed E-state index contributed by atoms with van der Waals surface area (Å²) in [6, 6.07) is 5.31. The Morgan fingerprint density at radius 2 is 2.13 bits per heavy atom. The molecule has 0 radical (unpaired) electrons. The molecule has 1 fully saturated rings. The van der Waals surface area contributed by atoms with Gasteiger partial charge in [-0.3, -0.25) is 0 Å². The maximum Gasteiger partial charge on any atom is 0.128 e. The SMILES string of the molecule is Cc1c(F)cccc1N1CCCNCC1. The van der Waals surface area contributed by atoms with Crippen LogP contribution in [-0.2, 0) is 0 Å². The quantitative estimate of drug-likeness (QED) is 0.758. The van der Waals surface area contributed by atoms with Crippen LogP contribution >= 0.6 is 0 Å². The summed E-state index contributed by atoms with van der Waals surface area (Å²) in [7, 11) is 0. The molecule has 2 rings (SSSR count). The molecule has 1 aromatic rings. The summed E-state index contributed by atoms with van der Waals surface area (Å²) in [6.45, 7) is 5.87. The molecule has 1 N–H and O–H groups in total. The molecule has 0 unspecified atom stereocenters. The van der Waals surface area contributed by atoms with Gasteiger partial charge in [0.25, 0.3) is 0 Å². The fraction of sp³-hybridized carbons (Fsp3) is 0.500. The van der Waals surface area contributed by atoms with E-state index in [-0.39, 0.29) is 5.82 Å². The van der Waals surface area contributed by atoms with Crippen LogP contribution in [0.1, 0.15) is 12.0 Å². The Hall–Kier alpha value is -1.09. The predicted molar refractivity (Wildman–Crippen MR) is 60.8 cm³/mol. The fourth-order valence-corrected chi connectivity index (χ4v) is 2.03. The van der Waals surface area contributed by atoms with Crippen molar-refractivity contribution in [3.8, 4) is 0 Å². The molecule has 1 saturated heterocycles. The minimum absolute atomic E-state index is 0.107. The lowest BCUT2D eigenvalue weighted by Crippen LogP contribution is -2.28. The minimum Gasteiger partial charge on any atom is -0.370 e. The number of nitrogens with zero attached hydrogens (tertiary/aromatic N) is 1.